The minimum atomic E-state index is 0.164. The SMILES string of the molecule is O=C(c1ccccc1Br)N1CC2CC=CCC2C1. The van der Waals surface area contributed by atoms with Crippen LogP contribution in [0.3, 0.4) is 0 Å². The van der Waals surface area contributed by atoms with Gasteiger partial charge in [-0.1, -0.05) is 24.3 Å². The largest absolute Gasteiger partial charge is 0.338 e. The van der Waals surface area contributed by atoms with E-state index in [0.717, 1.165) is 36.0 Å². The highest BCUT2D eigenvalue weighted by atomic mass is 79.9. The molecule has 1 amide bonds. The van der Waals surface area contributed by atoms with Crippen LogP contribution in [0.4, 0.5) is 0 Å². The number of nitrogens with zero attached hydrogens (tertiary/aromatic N) is 1. The number of carbonyl (C=O) groups is 1. The van der Waals surface area contributed by atoms with Crippen LogP contribution >= 0.6 is 15.9 Å². The van der Waals surface area contributed by atoms with Crippen LogP contribution in [-0.2, 0) is 0 Å². The monoisotopic (exact) mass is 305 g/mol. The molecule has 1 aromatic rings. The smallest absolute Gasteiger partial charge is 0.255 e. The molecule has 1 aromatic carbocycles. The van der Waals surface area contributed by atoms with Crippen molar-refractivity contribution in [3.63, 3.8) is 0 Å². The van der Waals surface area contributed by atoms with Crippen LogP contribution in [-0.4, -0.2) is 23.9 Å². The van der Waals surface area contributed by atoms with E-state index < -0.39 is 0 Å². The van der Waals surface area contributed by atoms with Crippen molar-refractivity contribution in [1.29, 1.82) is 0 Å². The van der Waals surface area contributed by atoms with Gasteiger partial charge >= 0.3 is 0 Å². The molecule has 2 aliphatic rings. The standard InChI is InChI=1S/C15H16BrNO/c16-14-8-4-3-7-13(14)15(18)17-9-11-5-1-2-6-12(11)10-17/h1-4,7-8,11-12H,5-6,9-10H2. The molecule has 3 rings (SSSR count). The fourth-order valence-corrected chi connectivity index (χ4v) is 3.44. The summed E-state index contributed by atoms with van der Waals surface area (Å²) in [4.78, 5) is 14.5. The molecule has 2 atom stereocenters. The van der Waals surface area contributed by atoms with E-state index in [0.29, 0.717) is 11.8 Å². The maximum Gasteiger partial charge on any atom is 0.255 e. The lowest BCUT2D eigenvalue weighted by Crippen LogP contribution is -2.29. The van der Waals surface area contributed by atoms with E-state index in [2.05, 4.69) is 28.1 Å². The van der Waals surface area contributed by atoms with Gasteiger partial charge in [0.05, 0.1) is 5.56 Å². The van der Waals surface area contributed by atoms with Gasteiger partial charge in [0.15, 0.2) is 0 Å². The van der Waals surface area contributed by atoms with Gasteiger partial charge in [-0.15, -0.1) is 0 Å². The Morgan fingerprint density at radius 3 is 2.33 bits per heavy atom. The molecule has 0 N–H and O–H groups in total. The lowest BCUT2D eigenvalue weighted by Gasteiger charge is -2.17. The zero-order valence-electron chi connectivity index (χ0n) is 10.2. The highest BCUT2D eigenvalue weighted by Crippen LogP contribution is 2.34. The topological polar surface area (TPSA) is 20.3 Å². The van der Waals surface area contributed by atoms with Crippen molar-refractivity contribution in [2.75, 3.05) is 13.1 Å². The normalized spacial score (nSPS) is 26.2. The third kappa shape index (κ3) is 2.12. The summed E-state index contributed by atoms with van der Waals surface area (Å²) in [6, 6.07) is 7.68. The molecule has 1 aliphatic heterocycles. The zero-order valence-corrected chi connectivity index (χ0v) is 11.8. The van der Waals surface area contributed by atoms with Crippen LogP contribution in [0.5, 0.6) is 0 Å². The molecule has 0 spiro atoms. The highest BCUT2D eigenvalue weighted by Gasteiger charge is 2.35. The average molecular weight is 306 g/mol. The molecule has 0 bridgehead atoms. The first-order valence-corrected chi connectivity index (χ1v) is 7.24. The summed E-state index contributed by atoms with van der Waals surface area (Å²) in [5, 5.41) is 0. The summed E-state index contributed by atoms with van der Waals surface area (Å²) < 4.78 is 0.892. The molecule has 0 saturated carbocycles. The summed E-state index contributed by atoms with van der Waals surface area (Å²) in [6.45, 7) is 1.82. The Hall–Kier alpha value is -1.09. The first-order valence-electron chi connectivity index (χ1n) is 6.44. The van der Waals surface area contributed by atoms with E-state index in [4.69, 9.17) is 0 Å². The molecule has 18 heavy (non-hydrogen) atoms. The number of halogens is 1. The molecule has 0 aromatic heterocycles. The van der Waals surface area contributed by atoms with Crippen molar-refractivity contribution >= 4 is 21.8 Å². The molecule has 1 fully saturated rings. The van der Waals surface area contributed by atoms with Crippen molar-refractivity contribution in [3.8, 4) is 0 Å². The fraction of sp³-hybridized carbons (Fsp3) is 0.400. The van der Waals surface area contributed by atoms with E-state index in [-0.39, 0.29) is 5.91 Å². The van der Waals surface area contributed by atoms with Crippen LogP contribution in [0.15, 0.2) is 40.9 Å². The van der Waals surface area contributed by atoms with Gasteiger partial charge in [-0.25, -0.2) is 0 Å². The minimum absolute atomic E-state index is 0.164. The Labute approximate surface area is 116 Å². The fourth-order valence-electron chi connectivity index (χ4n) is 2.99. The second kappa shape index (κ2) is 4.88. The first kappa shape index (κ1) is 12.0. The van der Waals surface area contributed by atoms with Gasteiger partial charge in [-0.3, -0.25) is 4.79 Å². The lowest BCUT2D eigenvalue weighted by molar-refractivity contribution is 0.0783. The maximum absolute atomic E-state index is 12.5. The van der Waals surface area contributed by atoms with Gasteiger partial charge < -0.3 is 4.90 Å². The van der Waals surface area contributed by atoms with Crippen LogP contribution in [0, 0.1) is 11.8 Å². The van der Waals surface area contributed by atoms with Gasteiger partial charge in [0, 0.05) is 17.6 Å². The Bertz CT molecular complexity index is 481. The van der Waals surface area contributed by atoms with Crippen LogP contribution in [0.25, 0.3) is 0 Å². The van der Waals surface area contributed by atoms with Crippen molar-refractivity contribution < 1.29 is 4.79 Å². The highest BCUT2D eigenvalue weighted by molar-refractivity contribution is 9.10. The number of hydrogen-bond donors (Lipinski definition) is 0. The number of carbonyl (C=O) groups excluding carboxylic acids is 1. The first-order chi connectivity index (χ1) is 8.75. The molecule has 2 nitrogen and oxygen atoms in total. The summed E-state index contributed by atoms with van der Waals surface area (Å²) in [5.74, 6) is 1.50. The van der Waals surface area contributed by atoms with Crippen LogP contribution < -0.4 is 0 Å². The lowest BCUT2D eigenvalue weighted by atomic mass is 9.86. The predicted octanol–water partition coefficient (Wildman–Crippen LogP) is 3.49. The van der Waals surface area contributed by atoms with E-state index in [1.54, 1.807) is 0 Å². The third-order valence-corrected chi connectivity index (χ3v) is 4.70. The number of amides is 1. The summed E-state index contributed by atoms with van der Waals surface area (Å²) >= 11 is 3.46. The van der Waals surface area contributed by atoms with E-state index in [9.17, 15) is 4.79 Å². The molecule has 0 radical (unpaired) electrons. The van der Waals surface area contributed by atoms with Crippen LogP contribution in [0.2, 0.25) is 0 Å². The number of fused-ring (bicyclic) bond motifs is 1. The molecule has 1 saturated heterocycles. The molecule has 1 aliphatic carbocycles. The molecular formula is C15H16BrNO. The van der Waals surface area contributed by atoms with Gasteiger partial charge in [0.1, 0.15) is 0 Å². The predicted molar refractivity (Wildman–Crippen MR) is 75.4 cm³/mol. The minimum Gasteiger partial charge on any atom is -0.338 e. The maximum atomic E-state index is 12.5. The molecular weight excluding hydrogens is 290 g/mol. The zero-order chi connectivity index (χ0) is 12.5. The third-order valence-electron chi connectivity index (χ3n) is 4.01. The van der Waals surface area contributed by atoms with Crippen LogP contribution in [0.1, 0.15) is 23.2 Å². The summed E-state index contributed by atoms with van der Waals surface area (Å²) in [5.41, 5.74) is 0.782. The van der Waals surface area contributed by atoms with Crippen molar-refractivity contribution in [3.05, 3.63) is 46.5 Å². The number of likely N-dealkylation sites (tertiary alicyclic amines) is 1. The van der Waals surface area contributed by atoms with Crippen molar-refractivity contribution in [2.45, 2.75) is 12.8 Å². The molecule has 2 unspecified atom stereocenters. The van der Waals surface area contributed by atoms with Gasteiger partial charge in [0.25, 0.3) is 5.91 Å². The van der Waals surface area contributed by atoms with Crippen molar-refractivity contribution in [2.24, 2.45) is 11.8 Å². The molecule has 3 heteroatoms. The molecule has 94 valence electrons. The quantitative estimate of drug-likeness (QED) is 0.727. The Balaban J connectivity index is 1.77. The van der Waals surface area contributed by atoms with Gasteiger partial charge in [-0.2, -0.15) is 0 Å². The number of allylic oxidation sites excluding steroid dienone is 2. The number of benzene rings is 1. The van der Waals surface area contributed by atoms with E-state index in [1.807, 2.05) is 29.2 Å². The Kier molecular flexibility index (Phi) is 3.25. The van der Waals surface area contributed by atoms with Crippen molar-refractivity contribution in [1.82, 2.24) is 4.90 Å². The summed E-state index contributed by atoms with van der Waals surface area (Å²) in [6.07, 6.45) is 6.77. The second-order valence-electron chi connectivity index (χ2n) is 5.15. The molecule has 1 heterocycles. The van der Waals surface area contributed by atoms with Gasteiger partial charge in [-0.05, 0) is 52.7 Å². The van der Waals surface area contributed by atoms with E-state index >= 15 is 0 Å². The average Bonchev–Trinajstić information content (AvgIpc) is 2.82. The number of rotatable bonds is 1. The second-order valence-corrected chi connectivity index (χ2v) is 6.01. The Morgan fingerprint density at radius 2 is 1.72 bits per heavy atom. The van der Waals surface area contributed by atoms with E-state index in [1.165, 1.54) is 0 Å². The number of hydrogen-bond acceptors (Lipinski definition) is 1. The Morgan fingerprint density at radius 1 is 1.11 bits per heavy atom. The summed E-state index contributed by atoms with van der Waals surface area (Å²) in [7, 11) is 0. The van der Waals surface area contributed by atoms with Gasteiger partial charge in [0.2, 0.25) is 0 Å².